The van der Waals surface area contributed by atoms with Crippen LogP contribution in [0.15, 0.2) is 17.8 Å². The van der Waals surface area contributed by atoms with Gasteiger partial charge in [0.2, 0.25) is 0 Å². The maximum absolute atomic E-state index is 4.59. The molecule has 0 saturated heterocycles. The smallest absolute Gasteiger partial charge is 0.0794 e. The first kappa shape index (κ1) is 13.2. The fraction of sp³-hybridized carbons (Fsp3) is 0.538. The lowest BCUT2D eigenvalue weighted by Gasteiger charge is -2.14. The van der Waals surface area contributed by atoms with Crippen LogP contribution < -0.4 is 5.32 Å². The monoisotopic (exact) mass is 264 g/mol. The highest BCUT2D eigenvalue weighted by molar-refractivity contribution is 7.09. The van der Waals surface area contributed by atoms with Gasteiger partial charge in [-0.1, -0.05) is 6.92 Å². The largest absolute Gasteiger partial charge is 0.312 e. The van der Waals surface area contributed by atoms with Crippen molar-refractivity contribution in [1.29, 1.82) is 0 Å². The van der Waals surface area contributed by atoms with Gasteiger partial charge in [-0.2, -0.15) is 5.10 Å². The Morgan fingerprint density at radius 3 is 2.83 bits per heavy atom. The van der Waals surface area contributed by atoms with Crippen molar-refractivity contribution in [3.8, 4) is 0 Å². The molecule has 2 aromatic heterocycles. The number of likely N-dealkylation sites (N-methyl/N-ethyl adjacent to an activating group) is 1. The molecule has 0 spiro atoms. The van der Waals surface area contributed by atoms with Crippen LogP contribution in [-0.2, 0) is 19.4 Å². The zero-order valence-electron chi connectivity index (χ0n) is 11.2. The van der Waals surface area contributed by atoms with Crippen molar-refractivity contribution in [3.05, 3.63) is 34.0 Å². The summed E-state index contributed by atoms with van der Waals surface area (Å²) in [6.07, 6.45) is 3.89. The van der Waals surface area contributed by atoms with Crippen molar-refractivity contribution in [1.82, 2.24) is 20.1 Å². The van der Waals surface area contributed by atoms with E-state index in [-0.39, 0.29) is 0 Å². The molecule has 0 aromatic carbocycles. The van der Waals surface area contributed by atoms with Crippen LogP contribution in [0, 0.1) is 0 Å². The Kier molecular flexibility index (Phi) is 4.49. The van der Waals surface area contributed by atoms with E-state index in [1.165, 1.54) is 16.3 Å². The van der Waals surface area contributed by atoms with E-state index in [1.54, 1.807) is 11.3 Å². The van der Waals surface area contributed by atoms with Crippen LogP contribution in [0.2, 0.25) is 0 Å². The fourth-order valence-corrected chi connectivity index (χ4v) is 2.81. The van der Waals surface area contributed by atoms with Crippen LogP contribution in [0.5, 0.6) is 0 Å². The molecule has 0 bridgehead atoms. The van der Waals surface area contributed by atoms with Crippen molar-refractivity contribution < 1.29 is 0 Å². The van der Waals surface area contributed by atoms with Gasteiger partial charge >= 0.3 is 0 Å². The summed E-state index contributed by atoms with van der Waals surface area (Å²) in [5.41, 5.74) is 4.35. The second-order valence-electron chi connectivity index (χ2n) is 4.25. The third-order valence-electron chi connectivity index (χ3n) is 3.13. The minimum atomic E-state index is 0.323. The summed E-state index contributed by atoms with van der Waals surface area (Å²) >= 11 is 1.70. The first-order valence-electron chi connectivity index (χ1n) is 6.39. The Labute approximate surface area is 112 Å². The molecule has 0 radical (unpaired) electrons. The maximum atomic E-state index is 4.59. The lowest BCUT2D eigenvalue weighted by Crippen LogP contribution is -2.19. The molecule has 18 heavy (non-hydrogen) atoms. The van der Waals surface area contributed by atoms with Gasteiger partial charge in [-0.05, 0) is 26.5 Å². The molecule has 1 N–H and O–H groups in total. The van der Waals surface area contributed by atoms with E-state index in [9.17, 15) is 0 Å². The summed E-state index contributed by atoms with van der Waals surface area (Å²) in [5.74, 6) is 0. The minimum absolute atomic E-state index is 0.323. The number of aromatic nitrogens is 3. The van der Waals surface area contributed by atoms with E-state index in [0.717, 1.165) is 19.4 Å². The Balaban J connectivity index is 2.19. The van der Waals surface area contributed by atoms with Gasteiger partial charge in [-0.15, -0.1) is 11.3 Å². The van der Waals surface area contributed by atoms with Crippen molar-refractivity contribution in [2.45, 2.75) is 39.3 Å². The Morgan fingerprint density at radius 1 is 1.44 bits per heavy atom. The number of nitrogens with zero attached hydrogens (tertiary/aromatic N) is 3. The van der Waals surface area contributed by atoms with Crippen LogP contribution in [0.3, 0.4) is 0 Å². The predicted octanol–water partition coefficient (Wildman–Crippen LogP) is 2.43. The Morgan fingerprint density at radius 2 is 2.28 bits per heavy atom. The lowest BCUT2D eigenvalue weighted by molar-refractivity contribution is 0.545. The van der Waals surface area contributed by atoms with E-state index in [4.69, 9.17) is 0 Å². The number of rotatable bonds is 6. The Hall–Kier alpha value is -1.20. The standard InChI is InChI=1S/C13H20N4S/c1-4-10-6-11(17(5-2)16-10)7-12(14-3)13-8-15-9-18-13/h6,8-9,12,14H,4-5,7H2,1-3H3. The molecule has 1 atom stereocenters. The van der Waals surface area contributed by atoms with Gasteiger partial charge in [0.25, 0.3) is 0 Å². The van der Waals surface area contributed by atoms with Crippen LogP contribution in [0.4, 0.5) is 0 Å². The molecule has 0 aliphatic heterocycles. The van der Waals surface area contributed by atoms with Crippen LogP contribution in [0.25, 0.3) is 0 Å². The maximum Gasteiger partial charge on any atom is 0.0794 e. The summed E-state index contributed by atoms with van der Waals surface area (Å²) in [6, 6.07) is 2.54. The SMILES string of the molecule is CCc1cc(CC(NC)c2cncs2)n(CC)n1. The zero-order valence-corrected chi connectivity index (χ0v) is 12.0. The zero-order chi connectivity index (χ0) is 13.0. The molecular weight excluding hydrogens is 244 g/mol. The lowest BCUT2D eigenvalue weighted by atomic mass is 10.1. The van der Waals surface area contributed by atoms with E-state index in [1.807, 2.05) is 18.8 Å². The van der Waals surface area contributed by atoms with E-state index < -0.39 is 0 Å². The van der Waals surface area contributed by atoms with Gasteiger partial charge in [0, 0.05) is 35.8 Å². The summed E-state index contributed by atoms with van der Waals surface area (Å²) in [6.45, 7) is 5.20. The Bertz CT molecular complexity index is 475. The van der Waals surface area contributed by atoms with Crippen molar-refractivity contribution in [2.75, 3.05) is 7.05 Å². The molecule has 1 unspecified atom stereocenters. The highest BCUT2D eigenvalue weighted by Crippen LogP contribution is 2.21. The second kappa shape index (κ2) is 6.11. The number of thiazole rings is 1. The van der Waals surface area contributed by atoms with E-state index in [2.05, 4.69) is 40.0 Å². The van der Waals surface area contributed by atoms with Gasteiger partial charge in [0.15, 0.2) is 0 Å². The number of aryl methyl sites for hydroxylation is 2. The quantitative estimate of drug-likeness (QED) is 0.871. The molecule has 2 aromatic rings. The molecular formula is C13H20N4S. The van der Waals surface area contributed by atoms with Crippen LogP contribution >= 0.6 is 11.3 Å². The van der Waals surface area contributed by atoms with Gasteiger partial charge in [0.1, 0.15) is 0 Å². The van der Waals surface area contributed by atoms with Gasteiger partial charge in [0.05, 0.1) is 11.2 Å². The molecule has 2 heterocycles. The molecule has 0 aliphatic carbocycles. The van der Waals surface area contributed by atoms with Crippen molar-refractivity contribution in [3.63, 3.8) is 0 Å². The van der Waals surface area contributed by atoms with E-state index in [0.29, 0.717) is 6.04 Å². The third kappa shape index (κ3) is 2.79. The van der Waals surface area contributed by atoms with E-state index >= 15 is 0 Å². The molecule has 0 aliphatic rings. The van der Waals surface area contributed by atoms with Crippen LogP contribution in [0.1, 0.15) is 36.2 Å². The van der Waals surface area contributed by atoms with Crippen molar-refractivity contribution >= 4 is 11.3 Å². The molecule has 4 nitrogen and oxygen atoms in total. The summed E-state index contributed by atoms with van der Waals surface area (Å²) in [4.78, 5) is 5.43. The normalized spacial score (nSPS) is 12.8. The van der Waals surface area contributed by atoms with Crippen molar-refractivity contribution in [2.24, 2.45) is 0 Å². The first-order valence-corrected chi connectivity index (χ1v) is 7.27. The molecule has 2 rings (SSSR count). The third-order valence-corrected chi connectivity index (χ3v) is 4.02. The van der Waals surface area contributed by atoms with Gasteiger partial charge < -0.3 is 5.32 Å². The van der Waals surface area contributed by atoms with Crippen LogP contribution in [-0.4, -0.2) is 21.8 Å². The first-order chi connectivity index (χ1) is 8.78. The molecule has 0 amide bonds. The topological polar surface area (TPSA) is 42.7 Å². The van der Waals surface area contributed by atoms with Gasteiger partial charge in [-0.3, -0.25) is 9.67 Å². The average Bonchev–Trinajstić information content (AvgIpc) is 3.04. The van der Waals surface area contributed by atoms with Gasteiger partial charge in [-0.25, -0.2) is 0 Å². The highest BCUT2D eigenvalue weighted by Gasteiger charge is 2.15. The summed E-state index contributed by atoms with van der Waals surface area (Å²) in [7, 11) is 2.00. The molecule has 0 saturated carbocycles. The summed E-state index contributed by atoms with van der Waals surface area (Å²) < 4.78 is 2.10. The summed E-state index contributed by atoms with van der Waals surface area (Å²) in [5, 5.41) is 7.95. The number of nitrogens with one attached hydrogen (secondary N) is 1. The average molecular weight is 264 g/mol. The predicted molar refractivity (Wildman–Crippen MR) is 74.9 cm³/mol. The number of hydrogen-bond acceptors (Lipinski definition) is 4. The second-order valence-corrected chi connectivity index (χ2v) is 5.16. The number of hydrogen-bond donors (Lipinski definition) is 1. The minimum Gasteiger partial charge on any atom is -0.312 e. The molecule has 5 heteroatoms. The molecule has 0 fully saturated rings. The highest BCUT2D eigenvalue weighted by atomic mass is 32.1. The fourth-order valence-electron chi connectivity index (χ4n) is 2.08. The molecule has 98 valence electrons.